The largest absolute Gasteiger partial charge is 0.0616 e. The van der Waals surface area contributed by atoms with E-state index in [1.165, 1.54) is 21.5 Å². The van der Waals surface area contributed by atoms with Crippen LogP contribution in [0.3, 0.4) is 0 Å². The number of benzene rings is 3. The first-order valence-electron chi connectivity index (χ1n) is 5.03. The van der Waals surface area contributed by atoms with Gasteiger partial charge < -0.3 is 0 Å². The molecule has 3 rings (SSSR count). The molecule has 0 radical (unpaired) electrons. The molecule has 78 valence electrons. The van der Waals surface area contributed by atoms with Gasteiger partial charge in [-0.15, -0.1) is 0 Å². The lowest BCUT2D eigenvalue weighted by Gasteiger charge is -2.07. The Balaban J connectivity index is 2.67. The first-order valence-corrected chi connectivity index (χ1v) is 6.61. The van der Waals surface area contributed by atoms with Crippen LogP contribution in [0.25, 0.3) is 21.5 Å². The number of hydrogen-bond donors (Lipinski definition) is 0. The molecule has 0 aromatic heterocycles. The molecule has 0 atom stereocenters. The van der Waals surface area contributed by atoms with Gasteiger partial charge in [-0.1, -0.05) is 68.3 Å². The Bertz CT molecular complexity index is 687. The van der Waals surface area contributed by atoms with E-state index in [1.54, 1.807) is 0 Å². The second-order valence-corrected chi connectivity index (χ2v) is 5.45. The molecule has 16 heavy (non-hydrogen) atoms. The maximum absolute atomic E-state index is 3.63. The molecule has 0 N–H and O–H groups in total. The van der Waals surface area contributed by atoms with Crippen LogP contribution in [0, 0.1) is 0 Å². The third-order valence-corrected chi connectivity index (χ3v) is 4.10. The van der Waals surface area contributed by atoms with Crippen molar-refractivity contribution in [2.45, 2.75) is 0 Å². The first kappa shape index (κ1) is 10.3. The Labute approximate surface area is 111 Å². The summed E-state index contributed by atoms with van der Waals surface area (Å²) in [7, 11) is 0. The summed E-state index contributed by atoms with van der Waals surface area (Å²) in [4.78, 5) is 0. The molecule has 0 bridgehead atoms. The van der Waals surface area contributed by atoms with Crippen molar-refractivity contribution >= 4 is 53.4 Å². The van der Waals surface area contributed by atoms with Gasteiger partial charge >= 0.3 is 0 Å². The zero-order valence-corrected chi connectivity index (χ0v) is 11.5. The molecule has 0 fully saturated rings. The minimum atomic E-state index is 1.15. The average Bonchev–Trinajstić information content (AvgIpc) is 2.29. The van der Waals surface area contributed by atoms with Gasteiger partial charge in [0, 0.05) is 14.3 Å². The predicted octanol–water partition coefficient (Wildman–Crippen LogP) is 5.52. The van der Waals surface area contributed by atoms with Crippen molar-refractivity contribution in [3.63, 3.8) is 0 Å². The van der Waals surface area contributed by atoms with E-state index in [0.29, 0.717) is 0 Å². The zero-order chi connectivity index (χ0) is 11.1. The van der Waals surface area contributed by atoms with Gasteiger partial charge in [-0.2, -0.15) is 0 Å². The molecular weight excluding hydrogens is 328 g/mol. The molecule has 0 aliphatic carbocycles. The second-order valence-electron chi connectivity index (χ2n) is 3.74. The number of halogens is 2. The maximum Gasteiger partial charge on any atom is 0.0260 e. The summed E-state index contributed by atoms with van der Waals surface area (Å²) in [5.74, 6) is 0. The molecule has 0 aliphatic rings. The lowest BCUT2D eigenvalue weighted by Crippen LogP contribution is -1.80. The van der Waals surface area contributed by atoms with Crippen LogP contribution in [0.2, 0.25) is 0 Å². The summed E-state index contributed by atoms with van der Waals surface area (Å²) in [6.45, 7) is 0. The Morgan fingerprint density at radius 2 is 1.44 bits per heavy atom. The van der Waals surface area contributed by atoms with Gasteiger partial charge in [-0.05, 0) is 28.3 Å². The van der Waals surface area contributed by atoms with Crippen LogP contribution in [0.4, 0.5) is 0 Å². The fourth-order valence-electron chi connectivity index (χ4n) is 2.07. The standard InChI is InChI=1S/C14H8Br2/c15-12-7-3-4-9-8-13(16)10-5-1-2-6-11(10)14(9)12/h1-8H. The number of rotatable bonds is 0. The van der Waals surface area contributed by atoms with Crippen molar-refractivity contribution < 1.29 is 0 Å². The summed E-state index contributed by atoms with van der Waals surface area (Å²) < 4.78 is 2.29. The van der Waals surface area contributed by atoms with Gasteiger partial charge in [0.05, 0.1) is 0 Å². The smallest absolute Gasteiger partial charge is 0.0260 e. The normalized spacial score (nSPS) is 11.1. The van der Waals surface area contributed by atoms with Crippen LogP contribution in [0.1, 0.15) is 0 Å². The van der Waals surface area contributed by atoms with E-state index in [0.717, 1.165) is 8.95 Å². The molecule has 0 unspecified atom stereocenters. The van der Waals surface area contributed by atoms with Gasteiger partial charge in [0.15, 0.2) is 0 Å². The summed E-state index contributed by atoms with van der Waals surface area (Å²) in [6, 6.07) is 16.9. The van der Waals surface area contributed by atoms with E-state index < -0.39 is 0 Å². The van der Waals surface area contributed by atoms with Crippen molar-refractivity contribution in [1.29, 1.82) is 0 Å². The van der Waals surface area contributed by atoms with Crippen molar-refractivity contribution in [1.82, 2.24) is 0 Å². The van der Waals surface area contributed by atoms with Crippen LogP contribution in [0.5, 0.6) is 0 Å². The minimum absolute atomic E-state index is 1.15. The Morgan fingerprint density at radius 1 is 0.688 bits per heavy atom. The van der Waals surface area contributed by atoms with Gasteiger partial charge in [-0.25, -0.2) is 0 Å². The van der Waals surface area contributed by atoms with Crippen LogP contribution in [-0.2, 0) is 0 Å². The van der Waals surface area contributed by atoms with Crippen LogP contribution in [-0.4, -0.2) is 0 Å². The Kier molecular flexibility index (Phi) is 2.49. The SMILES string of the molecule is Brc1cc2cccc(Br)c2c2ccccc12. The second kappa shape index (κ2) is 3.86. The highest BCUT2D eigenvalue weighted by atomic mass is 79.9. The maximum atomic E-state index is 3.63. The van der Waals surface area contributed by atoms with Crippen molar-refractivity contribution in [2.75, 3.05) is 0 Å². The van der Waals surface area contributed by atoms with Crippen LogP contribution < -0.4 is 0 Å². The summed E-state index contributed by atoms with van der Waals surface area (Å²) in [5.41, 5.74) is 0. The molecule has 2 heteroatoms. The van der Waals surface area contributed by atoms with Gasteiger partial charge in [0.25, 0.3) is 0 Å². The molecule has 3 aromatic rings. The minimum Gasteiger partial charge on any atom is -0.0616 e. The molecule has 3 aromatic carbocycles. The topological polar surface area (TPSA) is 0 Å². The van der Waals surface area contributed by atoms with E-state index in [-0.39, 0.29) is 0 Å². The molecule has 0 amide bonds. The summed E-state index contributed by atoms with van der Waals surface area (Å²) in [5, 5.41) is 5.06. The summed E-state index contributed by atoms with van der Waals surface area (Å²) in [6.07, 6.45) is 0. The lowest BCUT2D eigenvalue weighted by atomic mass is 10.0. The van der Waals surface area contributed by atoms with Crippen molar-refractivity contribution in [2.24, 2.45) is 0 Å². The molecular formula is C14H8Br2. The van der Waals surface area contributed by atoms with E-state index in [4.69, 9.17) is 0 Å². The van der Waals surface area contributed by atoms with Crippen LogP contribution in [0.15, 0.2) is 57.5 Å². The zero-order valence-electron chi connectivity index (χ0n) is 8.37. The van der Waals surface area contributed by atoms with E-state index >= 15 is 0 Å². The van der Waals surface area contributed by atoms with Gasteiger partial charge in [0.2, 0.25) is 0 Å². The highest BCUT2D eigenvalue weighted by Crippen LogP contribution is 2.35. The monoisotopic (exact) mass is 334 g/mol. The van der Waals surface area contributed by atoms with Gasteiger partial charge in [0.1, 0.15) is 0 Å². The predicted molar refractivity (Wildman–Crippen MR) is 76.9 cm³/mol. The van der Waals surface area contributed by atoms with Crippen molar-refractivity contribution in [3.05, 3.63) is 57.5 Å². The molecule has 0 spiro atoms. The van der Waals surface area contributed by atoms with E-state index in [9.17, 15) is 0 Å². The fourth-order valence-corrected chi connectivity index (χ4v) is 3.26. The Hall–Kier alpha value is -0.860. The Morgan fingerprint density at radius 3 is 2.25 bits per heavy atom. The third kappa shape index (κ3) is 1.48. The highest BCUT2D eigenvalue weighted by molar-refractivity contribution is 9.11. The summed E-state index contributed by atoms with van der Waals surface area (Å²) >= 11 is 7.25. The molecule has 0 saturated heterocycles. The lowest BCUT2D eigenvalue weighted by molar-refractivity contribution is 1.71. The highest BCUT2D eigenvalue weighted by Gasteiger charge is 2.06. The molecule has 0 nitrogen and oxygen atoms in total. The van der Waals surface area contributed by atoms with Gasteiger partial charge in [-0.3, -0.25) is 0 Å². The fraction of sp³-hybridized carbons (Fsp3) is 0. The average molecular weight is 336 g/mol. The number of hydrogen-bond acceptors (Lipinski definition) is 0. The quantitative estimate of drug-likeness (QED) is 0.474. The third-order valence-electron chi connectivity index (χ3n) is 2.78. The first-order chi connectivity index (χ1) is 7.77. The van der Waals surface area contributed by atoms with E-state index in [1.807, 2.05) is 0 Å². The molecule has 0 saturated carbocycles. The molecule has 0 aliphatic heterocycles. The van der Waals surface area contributed by atoms with Crippen molar-refractivity contribution in [3.8, 4) is 0 Å². The van der Waals surface area contributed by atoms with E-state index in [2.05, 4.69) is 80.4 Å². The number of fused-ring (bicyclic) bond motifs is 3. The van der Waals surface area contributed by atoms with Crippen LogP contribution >= 0.6 is 31.9 Å². The molecule has 0 heterocycles.